The van der Waals surface area contributed by atoms with Gasteiger partial charge >= 0.3 is 0 Å². The van der Waals surface area contributed by atoms with E-state index in [4.69, 9.17) is 0 Å². The highest BCUT2D eigenvalue weighted by Gasteiger charge is 2.33. The minimum absolute atomic E-state index is 0.200. The molecule has 5 heteroatoms. The lowest BCUT2D eigenvalue weighted by Crippen LogP contribution is -2.45. The molecule has 1 aliphatic rings. The fourth-order valence-corrected chi connectivity index (χ4v) is 4.40. The first kappa shape index (κ1) is 16.9. The third kappa shape index (κ3) is 5.40. The molecule has 1 heterocycles. The van der Waals surface area contributed by atoms with Gasteiger partial charge in [0, 0.05) is 25.2 Å². The summed E-state index contributed by atoms with van der Waals surface area (Å²) >= 11 is 0. The number of hydrogen-bond acceptors (Lipinski definition) is 4. The van der Waals surface area contributed by atoms with E-state index in [0.29, 0.717) is 17.5 Å². The van der Waals surface area contributed by atoms with Gasteiger partial charge in [-0.05, 0) is 25.3 Å². The zero-order chi connectivity index (χ0) is 14.7. The van der Waals surface area contributed by atoms with Crippen LogP contribution in [0.4, 0.5) is 0 Å². The largest absolute Gasteiger partial charge is 0.314 e. The summed E-state index contributed by atoms with van der Waals surface area (Å²) in [5.74, 6) is 0.690. The van der Waals surface area contributed by atoms with Crippen LogP contribution in [-0.2, 0) is 9.84 Å². The fourth-order valence-electron chi connectivity index (χ4n) is 2.60. The Morgan fingerprint density at radius 1 is 1.42 bits per heavy atom. The molecule has 1 saturated heterocycles. The smallest absolute Gasteiger partial charge is 0.151 e. The molecular weight excluding hydrogens is 260 g/mol. The minimum Gasteiger partial charge on any atom is -0.314 e. The zero-order valence-electron chi connectivity index (χ0n) is 13.1. The molecule has 0 bridgehead atoms. The molecule has 19 heavy (non-hydrogen) atoms. The maximum absolute atomic E-state index is 11.6. The SMILES string of the molecule is CCC(C)(CNC(C)C)CN(C)C1CCS(=O)(=O)C1. The summed E-state index contributed by atoms with van der Waals surface area (Å²) in [6.07, 6.45) is 1.88. The van der Waals surface area contributed by atoms with E-state index < -0.39 is 9.84 Å². The molecule has 1 fully saturated rings. The van der Waals surface area contributed by atoms with Gasteiger partial charge in [0.1, 0.15) is 0 Å². The lowest BCUT2D eigenvalue weighted by atomic mass is 9.86. The monoisotopic (exact) mass is 290 g/mol. The lowest BCUT2D eigenvalue weighted by Gasteiger charge is -2.36. The van der Waals surface area contributed by atoms with Gasteiger partial charge in [-0.15, -0.1) is 0 Å². The maximum Gasteiger partial charge on any atom is 0.151 e. The average Bonchev–Trinajstić information content (AvgIpc) is 2.67. The fraction of sp³-hybridized carbons (Fsp3) is 1.00. The van der Waals surface area contributed by atoms with Crippen LogP contribution in [0.3, 0.4) is 0 Å². The van der Waals surface area contributed by atoms with Crippen molar-refractivity contribution in [2.75, 3.05) is 31.6 Å². The Hall–Kier alpha value is -0.130. The summed E-state index contributed by atoms with van der Waals surface area (Å²) in [6, 6.07) is 0.693. The molecule has 0 aromatic carbocycles. The van der Waals surface area contributed by atoms with E-state index in [1.165, 1.54) is 0 Å². The van der Waals surface area contributed by atoms with Crippen LogP contribution in [0.5, 0.6) is 0 Å². The number of nitrogens with one attached hydrogen (secondary N) is 1. The zero-order valence-corrected chi connectivity index (χ0v) is 13.9. The van der Waals surface area contributed by atoms with Crippen LogP contribution in [-0.4, -0.2) is 57.0 Å². The first-order valence-electron chi connectivity index (χ1n) is 7.31. The van der Waals surface area contributed by atoms with Crippen molar-refractivity contribution < 1.29 is 8.42 Å². The van der Waals surface area contributed by atoms with Gasteiger partial charge in [0.25, 0.3) is 0 Å². The molecule has 114 valence electrons. The number of hydrogen-bond donors (Lipinski definition) is 1. The quantitative estimate of drug-likeness (QED) is 0.772. The van der Waals surface area contributed by atoms with Gasteiger partial charge < -0.3 is 10.2 Å². The van der Waals surface area contributed by atoms with Gasteiger partial charge in [-0.2, -0.15) is 0 Å². The molecule has 2 unspecified atom stereocenters. The molecule has 0 radical (unpaired) electrons. The van der Waals surface area contributed by atoms with Crippen LogP contribution >= 0.6 is 0 Å². The highest BCUT2D eigenvalue weighted by Crippen LogP contribution is 2.25. The summed E-state index contributed by atoms with van der Waals surface area (Å²) < 4.78 is 23.1. The van der Waals surface area contributed by atoms with E-state index in [9.17, 15) is 8.42 Å². The molecule has 0 spiro atoms. The highest BCUT2D eigenvalue weighted by molar-refractivity contribution is 7.91. The third-order valence-electron chi connectivity index (χ3n) is 4.25. The first-order chi connectivity index (χ1) is 8.67. The Kier molecular flexibility index (Phi) is 5.83. The summed E-state index contributed by atoms with van der Waals surface area (Å²) in [5.41, 5.74) is 0.200. The molecule has 1 aliphatic heterocycles. The summed E-state index contributed by atoms with van der Waals surface area (Å²) in [7, 11) is -0.722. The number of rotatable bonds is 7. The van der Waals surface area contributed by atoms with E-state index in [1.807, 2.05) is 0 Å². The van der Waals surface area contributed by atoms with Crippen molar-refractivity contribution >= 4 is 9.84 Å². The van der Waals surface area contributed by atoms with Gasteiger partial charge in [0.05, 0.1) is 11.5 Å². The van der Waals surface area contributed by atoms with E-state index in [1.54, 1.807) is 0 Å². The topological polar surface area (TPSA) is 49.4 Å². The van der Waals surface area contributed by atoms with Crippen LogP contribution < -0.4 is 5.32 Å². The normalized spacial score (nSPS) is 25.9. The predicted octanol–water partition coefficient (Wildman–Crippen LogP) is 1.52. The van der Waals surface area contributed by atoms with E-state index in [0.717, 1.165) is 25.9 Å². The van der Waals surface area contributed by atoms with Crippen LogP contribution in [0, 0.1) is 5.41 Å². The minimum atomic E-state index is -2.79. The summed E-state index contributed by atoms with van der Waals surface area (Å²) in [5, 5.41) is 3.50. The molecule has 0 aliphatic carbocycles. The summed E-state index contributed by atoms with van der Waals surface area (Å²) in [4.78, 5) is 2.25. The van der Waals surface area contributed by atoms with Crippen molar-refractivity contribution in [2.24, 2.45) is 5.41 Å². The molecule has 1 rings (SSSR count). The second kappa shape index (κ2) is 6.55. The second-order valence-corrected chi connectivity index (χ2v) is 8.90. The highest BCUT2D eigenvalue weighted by atomic mass is 32.2. The van der Waals surface area contributed by atoms with Gasteiger partial charge in [-0.25, -0.2) is 8.42 Å². The second-order valence-electron chi connectivity index (χ2n) is 6.67. The molecule has 0 saturated carbocycles. The van der Waals surface area contributed by atoms with Crippen molar-refractivity contribution in [3.8, 4) is 0 Å². The number of nitrogens with zero attached hydrogens (tertiary/aromatic N) is 1. The van der Waals surface area contributed by atoms with Gasteiger partial charge in [0.15, 0.2) is 9.84 Å². The molecule has 0 amide bonds. The van der Waals surface area contributed by atoms with Gasteiger partial charge in [0.2, 0.25) is 0 Å². The molecule has 0 aromatic heterocycles. The van der Waals surface area contributed by atoms with Crippen molar-refractivity contribution in [3.63, 3.8) is 0 Å². The lowest BCUT2D eigenvalue weighted by molar-refractivity contribution is 0.147. The molecule has 0 aromatic rings. The van der Waals surface area contributed by atoms with Crippen molar-refractivity contribution in [1.29, 1.82) is 0 Å². The Labute approximate surface area is 118 Å². The Morgan fingerprint density at radius 3 is 2.47 bits per heavy atom. The van der Waals surface area contributed by atoms with E-state index in [-0.39, 0.29) is 11.5 Å². The van der Waals surface area contributed by atoms with Crippen LogP contribution in [0.2, 0.25) is 0 Å². The Balaban J connectivity index is 2.55. The van der Waals surface area contributed by atoms with Crippen molar-refractivity contribution in [2.45, 2.75) is 52.6 Å². The van der Waals surface area contributed by atoms with Crippen molar-refractivity contribution in [1.82, 2.24) is 10.2 Å². The Morgan fingerprint density at radius 2 is 2.05 bits per heavy atom. The molecule has 2 atom stereocenters. The van der Waals surface area contributed by atoms with Crippen LogP contribution in [0.15, 0.2) is 0 Å². The van der Waals surface area contributed by atoms with E-state index in [2.05, 4.69) is 45.0 Å². The van der Waals surface area contributed by atoms with Crippen LogP contribution in [0.25, 0.3) is 0 Å². The maximum atomic E-state index is 11.6. The summed E-state index contributed by atoms with van der Waals surface area (Å²) in [6.45, 7) is 10.7. The standard InChI is InChI=1S/C14H30N2O2S/c1-6-14(4,10-15-12(2)3)11-16(5)13-7-8-19(17,18)9-13/h12-13,15H,6-11H2,1-5H3. The number of sulfone groups is 1. The average molecular weight is 290 g/mol. The third-order valence-corrected chi connectivity index (χ3v) is 6.00. The Bertz CT molecular complexity index is 381. The van der Waals surface area contributed by atoms with Gasteiger partial charge in [-0.3, -0.25) is 0 Å². The van der Waals surface area contributed by atoms with Crippen LogP contribution in [0.1, 0.15) is 40.5 Å². The van der Waals surface area contributed by atoms with E-state index >= 15 is 0 Å². The van der Waals surface area contributed by atoms with Gasteiger partial charge in [-0.1, -0.05) is 27.7 Å². The first-order valence-corrected chi connectivity index (χ1v) is 9.13. The molecule has 1 N–H and O–H groups in total. The van der Waals surface area contributed by atoms with Crippen molar-refractivity contribution in [3.05, 3.63) is 0 Å². The molecule has 4 nitrogen and oxygen atoms in total. The predicted molar refractivity (Wildman–Crippen MR) is 81.2 cm³/mol. The molecular formula is C14H30N2O2S.